The van der Waals surface area contributed by atoms with Crippen molar-refractivity contribution >= 4 is 52.8 Å². The Morgan fingerprint density at radius 2 is 1.25 bits per heavy atom. The van der Waals surface area contributed by atoms with E-state index in [-0.39, 0.29) is 106 Å². The van der Waals surface area contributed by atoms with Crippen LogP contribution in [0.15, 0.2) is 57.2 Å². The van der Waals surface area contributed by atoms with E-state index in [1.165, 1.54) is 24.3 Å². The maximum Gasteiger partial charge on any atom is 1.00 e. The van der Waals surface area contributed by atoms with E-state index in [4.69, 9.17) is 0 Å². The van der Waals surface area contributed by atoms with Gasteiger partial charge in [0.15, 0.2) is 11.6 Å². The van der Waals surface area contributed by atoms with Crippen LogP contribution in [0.3, 0.4) is 0 Å². The number of rotatable bonds is 4. The Hall–Kier alpha value is -0.0800. The Kier molecular flexibility index (Phi) is 10.9. The molecule has 0 amide bonds. The maximum absolute atomic E-state index is 13.0. The molecule has 36 heavy (non-hydrogen) atoms. The molecular formula is C18H8NNa3O11S3. The number of ketones is 2. The van der Waals surface area contributed by atoms with E-state index >= 15 is 0 Å². The summed E-state index contributed by atoms with van der Waals surface area (Å²) in [5.41, 5.74) is -2.41. The number of fused-ring (bicyclic) bond motifs is 2. The third kappa shape index (κ3) is 6.21. The third-order valence-electron chi connectivity index (χ3n) is 4.93. The quantitative estimate of drug-likeness (QED) is 0.160. The van der Waals surface area contributed by atoms with Gasteiger partial charge in [0.1, 0.15) is 36.3 Å². The molecule has 18 heteroatoms. The molecule has 1 atom stereocenters. The van der Waals surface area contributed by atoms with Crippen molar-refractivity contribution in [3.05, 3.63) is 59.3 Å². The van der Waals surface area contributed by atoms with Gasteiger partial charge in [-0.1, -0.05) is 18.2 Å². The molecule has 2 aromatic carbocycles. The van der Waals surface area contributed by atoms with Crippen molar-refractivity contribution in [2.75, 3.05) is 0 Å². The number of hydrogen-bond donors (Lipinski definition) is 0. The number of carbonyl (C=O) groups is 2. The molecule has 0 saturated carbocycles. The maximum atomic E-state index is 13.0. The average molecular weight is 579 g/mol. The SMILES string of the molecule is O=C1c2cc(S(=O)(=O)[O-])cc(S(=O)(=O)[O-])c2C(=O)C1c1cc(S(=O)(=O)[O-])c2ccccc2n1.[Na+].[Na+].[Na+]. The van der Waals surface area contributed by atoms with Gasteiger partial charge < -0.3 is 13.7 Å². The molecule has 12 nitrogen and oxygen atoms in total. The second-order valence-electron chi connectivity index (χ2n) is 6.93. The molecule has 0 spiro atoms. The topological polar surface area (TPSA) is 219 Å². The van der Waals surface area contributed by atoms with E-state index in [9.17, 15) is 48.5 Å². The molecule has 1 heterocycles. The molecule has 0 radical (unpaired) electrons. The number of para-hydroxylation sites is 1. The van der Waals surface area contributed by atoms with Gasteiger partial charge in [-0.25, -0.2) is 25.3 Å². The van der Waals surface area contributed by atoms with E-state index in [0.717, 1.165) is 0 Å². The van der Waals surface area contributed by atoms with Gasteiger partial charge in [0.25, 0.3) is 0 Å². The van der Waals surface area contributed by atoms with Crippen LogP contribution in [-0.2, 0) is 30.4 Å². The molecule has 4 rings (SSSR count). The van der Waals surface area contributed by atoms with Crippen molar-refractivity contribution in [2.45, 2.75) is 20.6 Å². The zero-order valence-electron chi connectivity index (χ0n) is 18.8. The largest absolute Gasteiger partial charge is 1.00 e. The van der Waals surface area contributed by atoms with Crippen LogP contribution in [0, 0.1) is 0 Å². The zero-order chi connectivity index (χ0) is 24.5. The van der Waals surface area contributed by atoms with E-state index in [2.05, 4.69) is 4.98 Å². The fourth-order valence-electron chi connectivity index (χ4n) is 3.59. The molecule has 3 aromatic rings. The van der Waals surface area contributed by atoms with Crippen LogP contribution >= 0.6 is 0 Å². The number of hydrogen-bond acceptors (Lipinski definition) is 12. The Balaban J connectivity index is 0.00000216. The van der Waals surface area contributed by atoms with E-state index < -0.39 is 79.3 Å². The standard InChI is InChI=1S/C18H11NO11S3.3Na/c20-17-10-5-8(31(22,23)24)6-14(33(28,29)30)15(10)18(21)16(17)12-7-13(32(25,26)27)9-3-1-2-4-11(9)19-12;;;/h1-7,16H,(H,22,23,24)(H,25,26,27)(H,28,29,30);;;/q;3*+1/p-3. The van der Waals surface area contributed by atoms with E-state index in [1.807, 2.05) is 0 Å². The first kappa shape index (κ1) is 33.9. The minimum absolute atomic E-state index is 0. The molecule has 0 fully saturated rings. The minimum atomic E-state index is -5.53. The normalized spacial score (nSPS) is 15.5. The number of Topliss-reactive ketones (excluding diaryl/α,β-unsaturated/α-hetero) is 2. The first-order valence-electron chi connectivity index (χ1n) is 8.64. The summed E-state index contributed by atoms with van der Waals surface area (Å²) in [6, 6.07) is 6.71. The van der Waals surface area contributed by atoms with Gasteiger partial charge in [0, 0.05) is 16.5 Å². The van der Waals surface area contributed by atoms with Crippen LogP contribution in [0.25, 0.3) is 10.9 Å². The molecule has 1 aromatic heterocycles. The summed E-state index contributed by atoms with van der Waals surface area (Å²) in [6.45, 7) is 0. The second kappa shape index (κ2) is 11.6. The van der Waals surface area contributed by atoms with Crippen LogP contribution in [0.4, 0.5) is 0 Å². The van der Waals surface area contributed by atoms with Gasteiger partial charge in [-0.2, -0.15) is 0 Å². The summed E-state index contributed by atoms with van der Waals surface area (Å²) < 4.78 is 104. The summed E-state index contributed by atoms with van der Waals surface area (Å²) in [5.74, 6) is -4.52. The number of carbonyl (C=O) groups excluding carboxylic acids is 2. The Labute approximate surface area is 271 Å². The monoisotopic (exact) mass is 579 g/mol. The fourth-order valence-corrected chi connectivity index (χ4v) is 5.62. The number of nitrogens with zero attached hydrogens (tertiary/aromatic N) is 1. The zero-order valence-corrected chi connectivity index (χ0v) is 27.2. The summed E-state index contributed by atoms with van der Waals surface area (Å²) in [6.07, 6.45) is 0. The summed E-state index contributed by atoms with van der Waals surface area (Å²) >= 11 is 0. The smallest absolute Gasteiger partial charge is 0.744 e. The van der Waals surface area contributed by atoms with Crippen LogP contribution in [0.1, 0.15) is 32.3 Å². The Morgan fingerprint density at radius 1 is 0.694 bits per heavy atom. The van der Waals surface area contributed by atoms with Crippen LogP contribution in [0.5, 0.6) is 0 Å². The molecule has 172 valence electrons. The van der Waals surface area contributed by atoms with Gasteiger partial charge in [-0.15, -0.1) is 0 Å². The van der Waals surface area contributed by atoms with Crippen molar-refractivity contribution < 1.29 is 137 Å². The molecule has 0 aliphatic heterocycles. The number of benzene rings is 2. The summed E-state index contributed by atoms with van der Waals surface area (Å²) in [5, 5.41) is -0.103. The average Bonchev–Trinajstić information content (AvgIpc) is 2.94. The first-order chi connectivity index (χ1) is 15.1. The van der Waals surface area contributed by atoms with Gasteiger partial charge in [0.2, 0.25) is 0 Å². The van der Waals surface area contributed by atoms with Crippen molar-refractivity contribution in [1.29, 1.82) is 0 Å². The minimum Gasteiger partial charge on any atom is -0.744 e. The van der Waals surface area contributed by atoms with Gasteiger partial charge in [-0.05, 0) is 24.3 Å². The van der Waals surface area contributed by atoms with Crippen LogP contribution < -0.4 is 88.7 Å². The summed E-state index contributed by atoms with van der Waals surface area (Å²) in [4.78, 5) is 26.6. The van der Waals surface area contributed by atoms with E-state index in [0.29, 0.717) is 12.1 Å². The number of aromatic nitrogens is 1. The van der Waals surface area contributed by atoms with Crippen molar-refractivity contribution in [1.82, 2.24) is 4.98 Å². The summed E-state index contributed by atoms with van der Waals surface area (Å²) in [7, 11) is -16.0. The van der Waals surface area contributed by atoms with Crippen molar-refractivity contribution in [3.8, 4) is 0 Å². The fraction of sp³-hybridized carbons (Fsp3) is 0.0556. The molecule has 1 aliphatic carbocycles. The van der Waals surface area contributed by atoms with Crippen LogP contribution in [-0.4, -0.2) is 55.5 Å². The molecule has 0 bridgehead atoms. The predicted molar refractivity (Wildman–Crippen MR) is 103 cm³/mol. The molecule has 1 aliphatic rings. The Bertz CT molecular complexity index is 1740. The first-order valence-corrected chi connectivity index (χ1v) is 12.9. The molecule has 0 N–H and O–H groups in total. The van der Waals surface area contributed by atoms with Gasteiger partial charge in [0.05, 0.1) is 25.9 Å². The number of pyridine rings is 1. The van der Waals surface area contributed by atoms with Gasteiger partial charge in [-0.3, -0.25) is 14.6 Å². The van der Waals surface area contributed by atoms with E-state index in [1.54, 1.807) is 0 Å². The predicted octanol–water partition coefficient (Wildman–Crippen LogP) is -8.88. The van der Waals surface area contributed by atoms with Gasteiger partial charge >= 0.3 is 88.7 Å². The Morgan fingerprint density at radius 3 is 1.78 bits per heavy atom. The van der Waals surface area contributed by atoms with Crippen molar-refractivity contribution in [3.63, 3.8) is 0 Å². The van der Waals surface area contributed by atoms with Crippen molar-refractivity contribution in [2.24, 2.45) is 0 Å². The molecule has 0 saturated heterocycles. The second-order valence-corrected chi connectivity index (χ2v) is 11.0. The third-order valence-corrected chi connectivity index (χ3v) is 7.48. The molecule has 1 unspecified atom stereocenters. The van der Waals surface area contributed by atoms with Crippen LogP contribution in [0.2, 0.25) is 0 Å². The molecular weight excluding hydrogens is 571 g/mol.